The van der Waals surface area contributed by atoms with Gasteiger partial charge in [-0.25, -0.2) is 0 Å². The minimum Gasteiger partial charge on any atom is -0.497 e. The Morgan fingerprint density at radius 3 is 2.27 bits per heavy atom. The van der Waals surface area contributed by atoms with Crippen LogP contribution in [-0.2, 0) is 4.79 Å². The molecule has 82 valence electrons. The molecule has 0 amide bonds. The van der Waals surface area contributed by atoms with Crippen LogP contribution in [0.5, 0.6) is 5.75 Å². The van der Waals surface area contributed by atoms with Crippen LogP contribution in [0.3, 0.4) is 0 Å². The van der Waals surface area contributed by atoms with Crippen molar-refractivity contribution >= 4 is 6.29 Å². The summed E-state index contributed by atoms with van der Waals surface area (Å²) in [5, 5.41) is 0. The first-order chi connectivity index (χ1) is 7.19. The molecule has 0 aliphatic heterocycles. The van der Waals surface area contributed by atoms with Crippen LogP contribution in [0.15, 0.2) is 24.3 Å². The zero-order valence-corrected chi connectivity index (χ0v) is 9.57. The molecule has 0 aromatic heterocycles. The lowest BCUT2D eigenvalue weighted by Crippen LogP contribution is -2.07. The van der Waals surface area contributed by atoms with Gasteiger partial charge in [0.2, 0.25) is 0 Å². The topological polar surface area (TPSA) is 26.3 Å². The van der Waals surface area contributed by atoms with Crippen molar-refractivity contribution in [3.05, 3.63) is 29.8 Å². The van der Waals surface area contributed by atoms with Gasteiger partial charge < -0.3 is 9.53 Å². The van der Waals surface area contributed by atoms with Crippen LogP contribution in [0.25, 0.3) is 0 Å². The van der Waals surface area contributed by atoms with Crippen LogP contribution in [0.1, 0.15) is 31.7 Å². The monoisotopic (exact) mass is 206 g/mol. The molecule has 1 aromatic carbocycles. The Morgan fingerprint density at radius 2 is 1.87 bits per heavy atom. The minimum atomic E-state index is 0.313. The van der Waals surface area contributed by atoms with E-state index in [1.807, 2.05) is 24.3 Å². The molecule has 0 aliphatic carbocycles. The minimum absolute atomic E-state index is 0.313. The van der Waals surface area contributed by atoms with Gasteiger partial charge in [-0.05, 0) is 29.5 Å². The quantitative estimate of drug-likeness (QED) is 0.692. The third-order valence-electron chi connectivity index (χ3n) is 2.70. The fraction of sp³-hybridized carbons (Fsp3) is 0.462. The van der Waals surface area contributed by atoms with Crippen molar-refractivity contribution in [2.75, 3.05) is 7.11 Å². The molecule has 0 radical (unpaired) electrons. The van der Waals surface area contributed by atoms with Gasteiger partial charge in [-0.15, -0.1) is 0 Å². The fourth-order valence-corrected chi connectivity index (χ4v) is 1.75. The van der Waals surface area contributed by atoms with Crippen molar-refractivity contribution in [1.82, 2.24) is 0 Å². The number of benzene rings is 1. The van der Waals surface area contributed by atoms with Gasteiger partial charge in [0.15, 0.2) is 0 Å². The number of ether oxygens (including phenoxy) is 1. The van der Waals surface area contributed by atoms with E-state index in [2.05, 4.69) is 13.8 Å². The largest absolute Gasteiger partial charge is 0.497 e. The highest BCUT2D eigenvalue weighted by Gasteiger charge is 2.14. The first-order valence-electron chi connectivity index (χ1n) is 5.26. The summed E-state index contributed by atoms with van der Waals surface area (Å²) in [7, 11) is 1.65. The molecule has 0 bridgehead atoms. The molecule has 1 unspecified atom stereocenters. The first-order valence-corrected chi connectivity index (χ1v) is 5.26. The van der Waals surface area contributed by atoms with Crippen molar-refractivity contribution in [2.24, 2.45) is 5.92 Å². The summed E-state index contributed by atoms with van der Waals surface area (Å²) in [5.74, 6) is 1.64. The van der Waals surface area contributed by atoms with E-state index >= 15 is 0 Å². The molecule has 0 aliphatic rings. The lowest BCUT2D eigenvalue weighted by Gasteiger charge is -2.18. The number of hydrogen-bond donors (Lipinski definition) is 0. The normalized spacial score (nSPS) is 12.5. The van der Waals surface area contributed by atoms with Gasteiger partial charge in [-0.1, -0.05) is 26.0 Å². The van der Waals surface area contributed by atoms with Crippen LogP contribution in [0.4, 0.5) is 0 Å². The Bertz CT molecular complexity index is 301. The Kier molecular flexibility index (Phi) is 4.35. The molecule has 1 rings (SSSR count). The second kappa shape index (κ2) is 5.54. The third-order valence-corrected chi connectivity index (χ3v) is 2.70. The Balaban J connectivity index is 2.86. The fourth-order valence-electron chi connectivity index (χ4n) is 1.75. The van der Waals surface area contributed by atoms with Gasteiger partial charge in [-0.2, -0.15) is 0 Å². The maximum Gasteiger partial charge on any atom is 0.120 e. The van der Waals surface area contributed by atoms with Crippen LogP contribution in [0.2, 0.25) is 0 Å². The average molecular weight is 206 g/mol. The van der Waals surface area contributed by atoms with Gasteiger partial charge >= 0.3 is 0 Å². The predicted molar refractivity (Wildman–Crippen MR) is 61.3 cm³/mol. The van der Waals surface area contributed by atoms with E-state index < -0.39 is 0 Å². The molecule has 0 N–H and O–H groups in total. The SMILES string of the molecule is COc1ccc(C(CC=O)C(C)C)cc1. The van der Waals surface area contributed by atoms with E-state index in [0.29, 0.717) is 18.3 Å². The van der Waals surface area contributed by atoms with Crippen LogP contribution >= 0.6 is 0 Å². The van der Waals surface area contributed by atoms with Gasteiger partial charge in [0, 0.05) is 6.42 Å². The zero-order chi connectivity index (χ0) is 11.3. The maximum absolute atomic E-state index is 10.6. The molecule has 2 nitrogen and oxygen atoms in total. The standard InChI is InChI=1S/C13H18O2/c1-10(2)13(8-9-14)11-4-6-12(15-3)7-5-11/h4-7,9-10,13H,8H2,1-3H3. The summed E-state index contributed by atoms with van der Waals surface area (Å²) >= 11 is 0. The van der Waals surface area contributed by atoms with Crippen LogP contribution < -0.4 is 4.74 Å². The van der Waals surface area contributed by atoms with E-state index in [9.17, 15) is 4.79 Å². The molecular weight excluding hydrogens is 188 g/mol. The second-order valence-electron chi connectivity index (χ2n) is 4.03. The Morgan fingerprint density at radius 1 is 1.27 bits per heavy atom. The van der Waals surface area contributed by atoms with Crippen molar-refractivity contribution in [3.8, 4) is 5.75 Å². The summed E-state index contributed by atoms with van der Waals surface area (Å²) < 4.78 is 5.10. The number of carbonyl (C=O) groups is 1. The summed E-state index contributed by atoms with van der Waals surface area (Å²) in [6.45, 7) is 4.27. The molecule has 1 atom stereocenters. The summed E-state index contributed by atoms with van der Waals surface area (Å²) in [6.07, 6.45) is 1.58. The van der Waals surface area contributed by atoms with E-state index in [1.165, 1.54) is 5.56 Å². The van der Waals surface area contributed by atoms with Crippen molar-refractivity contribution in [2.45, 2.75) is 26.2 Å². The predicted octanol–water partition coefficient (Wildman–Crippen LogP) is 3.02. The lowest BCUT2D eigenvalue weighted by molar-refractivity contribution is -0.108. The van der Waals surface area contributed by atoms with E-state index in [-0.39, 0.29) is 0 Å². The lowest BCUT2D eigenvalue weighted by atomic mass is 9.86. The Hall–Kier alpha value is -1.31. The number of methoxy groups -OCH3 is 1. The zero-order valence-electron chi connectivity index (χ0n) is 9.57. The van der Waals surface area contributed by atoms with Gasteiger partial charge in [0.1, 0.15) is 12.0 Å². The smallest absolute Gasteiger partial charge is 0.120 e. The number of aldehydes is 1. The van der Waals surface area contributed by atoms with Crippen molar-refractivity contribution in [1.29, 1.82) is 0 Å². The Labute approximate surface area is 91.3 Å². The number of rotatable bonds is 5. The molecule has 15 heavy (non-hydrogen) atoms. The van der Waals surface area contributed by atoms with Gasteiger partial charge in [-0.3, -0.25) is 0 Å². The third kappa shape index (κ3) is 3.08. The van der Waals surface area contributed by atoms with Crippen molar-refractivity contribution < 1.29 is 9.53 Å². The molecule has 1 aromatic rings. The molecule has 0 heterocycles. The number of carbonyl (C=O) groups excluding carboxylic acids is 1. The molecule has 0 fully saturated rings. The molecule has 0 saturated carbocycles. The summed E-state index contributed by atoms with van der Waals surface area (Å²) in [5.41, 5.74) is 1.21. The molecular formula is C13H18O2. The summed E-state index contributed by atoms with van der Waals surface area (Å²) in [6, 6.07) is 7.95. The maximum atomic E-state index is 10.6. The highest BCUT2D eigenvalue weighted by Crippen LogP contribution is 2.28. The summed E-state index contributed by atoms with van der Waals surface area (Å²) in [4.78, 5) is 10.6. The first kappa shape index (κ1) is 11.8. The molecule has 2 heteroatoms. The van der Waals surface area contributed by atoms with Crippen LogP contribution in [-0.4, -0.2) is 13.4 Å². The van der Waals surface area contributed by atoms with Gasteiger partial charge in [0.25, 0.3) is 0 Å². The highest BCUT2D eigenvalue weighted by atomic mass is 16.5. The molecule has 0 saturated heterocycles. The second-order valence-corrected chi connectivity index (χ2v) is 4.03. The van der Waals surface area contributed by atoms with E-state index in [0.717, 1.165) is 12.0 Å². The van der Waals surface area contributed by atoms with E-state index in [1.54, 1.807) is 7.11 Å². The van der Waals surface area contributed by atoms with E-state index in [4.69, 9.17) is 4.74 Å². The van der Waals surface area contributed by atoms with Gasteiger partial charge in [0.05, 0.1) is 7.11 Å². The van der Waals surface area contributed by atoms with Crippen LogP contribution in [0, 0.1) is 5.92 Å². The van der Waals surface area contributed by atoms with Crippen molar-refractivity contribution in [3.63, 3.8) is 0 Å². The highest BCUT2D eigenvalue weighted by molar-refractivity contribution is 5.52. The molecule has 0 spiro atoms. The number of hydrogen-bond acceptors (Lipinski definition) is 2. The average Bonchev–Trinajstić information content (AvgIpc) is 2.26.